The van der Waals surface area contributed by atoms with Gasteiger partial charge >= 0.3 is 5.97 Å². The van der Waals surface area contributed by atoms with E-state index in [9.17, 15) is 14.4 Å². The lowest BCUT2D eigenvalue weighted by molar-refractivity contribution is -0.151. The first-order valence-electron chi connectivity index (χ1n) is 9.05. The maximum absolute atomic E-state index is 12.7. The largest absolute Gasteiger partial charge is 0.453 e. The highest BCUT2D eigenvalue weighted by molar-refractivity contribution is 6.10. The van der Waals surface area contributed by atoms with E-state index in [1.807, 2.05) is 24.3 Å². The zero-order valence-electron chi connectivity index (χ0n) is 15.1. The van der Waals surface area contributed by atoms with E-state index < -0.39 is 18.1 Å². The minimum absolute atomic E-state index is 0.0711. The topological polar surface area (TPSA) is 88.3 Å². The summed E-state index contributed by atoms with van der Waals surface area (Å²) in [6.45, 7) is 2.96. The molecule has 2 aromatic rings. The summed E-state index contributed by atoms with van der Waals surface area (Å²) in [4.78, 5) is 39.9. The number of Topliss-reactive ketones (excluding diaryl/α,β-unsaturated/α-hetero) is 1. The van der Waals surface area contributed by atoms with Crippen molar-refractivity contribution in [1.82, 2.24) is 10.3 Å². The molecule has 138 valence electrons. The number of rotatable bonds is 6. The minimum atomic E-state index is -0.917. The molecule has 1 fully saturated rings. The number of carbonyl (C=O) groups excluding carboxylic acids is 3. The van der Waals surface area contributed by atoms with Gasteiger partial charge in [-0.25, -0.2) is 4.79 Å². The highest BCUT2D eigenvalue weighted by atomic mass is 16.5. The highest BCUT2D eigenvalue weighted by Crippen LogP contribution is 2.29. The van der Waals surface area contributed by atoms with Crippen LogP contribution in [0.25, 0.3) is 10.9 Å². The monoisotopic (exact) mass is 356 g/mol. The van der Waals surface area contributed by atoms with E-state index in [1.54, 1.807) is 13.1 Å². The van der Waals surface area contributed by atoms with Gasteiger partial charge in [-0.1, -0.05) is 31.0 Å². The zero-order valence-corrected chi connectivity index (χ0v) is 15.1. The molecule has 0 saturated heterocycles. The molecule has 1 amide bonds. The lowest BCUT2D eigenvalue weighted by Crippen LogP contribution is -2.46. The van der Waals surface area contributed by atoms with Gasteiger partial charge in [0, 0.05) is 29.6 Å². The molecule has 0 spiro atoms. The standard InChI is InChI=1S/C20H24N2O4/c1-12(19(24)16-11-21-17-10-6-5-9-15(16)17)26-20(25)18(22-13(2)23)14-7-3-4-8-14/h5-6,9-12,14,18,21H,3-4,7-8H2,1-2H3,(H,22,23)/t12-,18+/m0/s1. The summed E-state index contributed by atoms with van der Waals surface area (Å²) < 4.78 is 5.44. The van der Waals surface area contributed by atoms with Crippen molar-refractivity contribution in [3.63, 3.8) is 0 Å². The third-order valence-electron chi connectivity index (χ3n) is 5.00. The summed E-state index contributed by atoms with van der Waals surface area (Å²) in [5.74, 6) is -0.993. The first kappa shape index (κ1) is 18.2. The number of fused-ring (bicyclic) bond motifs is 1. The van der Waals surface area contributed by atoms with E-state index >= 15 is 0 Å². The Kier molecular flexibility index (Phi) is 5.40. The molecular formula is C20H24N2O4. The number of carbonyl (C=O) groups is 3. The second-order valence-corrected chi connectivity index (χ2v) is 6.91. The molecule has 1 heterocycles. The molecule has 0 aliphatic heterocycles. The van der Waals surface area contributed by atoms with E-state index in [0.29, 0.717) is 5.56 Å². The SMILES string of the molecule is CC(=O)N[C@@H](C(=O)O[C@@H](C)C(=O)c1c[nH]c2ccccc12)C1CCCC1. The molecular weight excluding hydrogens is 332 g/mol. The number of amides is 1. The van der Waals surface area contributed by atoms with Crippen LogP contribution < -0.4 is 5.32 Å². The normalized spacial score (nSPS) is 17.0. The van der Waals surface area contributed by atoms with Gasteiger partial charge in [0.2, 0.25) is 11.7 Å². The average Bonchev–Trinajstić information content (AvgIpc) is 3.28. The number of ketones is 1. The number of benzene rings is 1. The number of hydrogen-bond donors (Lipinski definition) is 2. The molecule has 6 heteroatoms. The zero-order chi connectivity index (χ0) is 18.7. The van der Waals surface area contributed by atoms with Crippen LogP contribution in [-0.4, -0.2) is 34.8 Å². The van der Waals surface area contributed by atoms with Crippen molar-refractivity contribution >= 4 is 28.6 Å². The maximum atomic E-state index is 12.7. The quantitative estimate of drug-likeness (QED) is 0.615. The van der Waals surface area contributed by atoms with Crippen LogP contribution >= 0.6 is 0 Å². The molecule has 0 unspecified atom stereocenters. The average molecular weight is 356 g/mol. The summed E-state index contributed by atoms with van der Waals surface area (Å²) in [5.41, 5.74) is 1.36. The van der Waals surface area contributed by atoms with E-state index in [1.165, 1.54) is 6.92 Å². The van der Waals surface area contributed by atoms with Crippen molar-refractivity contribution in [3.8, 4) is 0 Å². The molecule has 1 aromatic carbocycles. The molecule has 6 nitrogen and oxygen atoms in total. The molecule has 0 radical (unpaired) electrons. The number of ether oxygens (including phenoxy) is 1. The molecule has 0 bridgehead atoms. The van der Waals surface area contributed by atoms with Crippen LogP contribution in [0.15, 0.2) is 30.5 Å². The van der Waals surface area contributed by atoms with E-state index in [2.05, 4.69) is 10.3 Å². The fourth-order valence-corrected chi connectivity index (χ4v) is 3.67. The van der Waals surface area contributed by atoms with Crippen LogP contribution in [0.3, 0.4) is 0 Å². The van der Waals surface area contributed by atoms with E-state index in [0.717, 1.165) is 36.6 Å². The number of nitrogens with one attached hydrogen (secondary N) is 2. The van der Waals surface area contributed by atoms with E-state index in [4.69, 9.17) is 4.74 Å². The van der Waals surface area contributed by atoms with Gasteiger partial charge in [0.05, 0.1) is 0 Å². The van der Waals surface area contributed by atoms with E-state index in [-0.39, 0.29) is 17.6 Å². The Morgan fingerprint density at radius 1 is 1.19 bits per heavy atom. The van der Waals surface area contributed by atoms with Gasteiger partial charge in [-0.3, -0.25) is 9.59 Å². The van der Waals surface area contributed by atoms with Gasteiger partial charge in [-0.15, -0.1) is 0 Å². The predicted octanol–water partition coefficient (Wildman–Crippen LogP) is 2.98. The molecule has 1 aromatic heterocycles. The van der Waals surface area contributed by atoms with Crippen LogP contribution in [0.4, 0.5) is 0 Å². The third-order valence-corrected chi connectivity index (χ3v) is 5.00. The van der Waals surface area contributed by atoms with Gasteiger partial charge in [-0.05, 0) is 31.7 Å². The lowest BCUT2D eigenvalue weighted by Gasteiger charge is -2.24. The Morgan fingerprint density at radius 3 is 2.58 bits per heavy atom. The van der Waals surface area contributed by atoms with Crippen molar-refractivity contribution in [1.29, 1.82) is 0 Å². The predicted molar refractivity (Wildman–Crippen MR) is 97.7 cm³/mol. The Labute approximate surface area is 152 Å². The fraction of sp³-hybridized carbons (Fsp3) is 0.450. The van der Waals surface area contributed by atoms with Crippen molar-refractivity contribution in [2.45, 2.75) is 51.7 Å². The molecule has 3 rings (SSSR count). The molecule has 2 N–H and O–H groups in total. The van der Waals surface area contributed by atoms with Crippen molar-refractivity contribution in [2.75, 3.05) is 0 Å². The Bertz CT molecular complexity index is 820. The molecule has 2 atom stereocenters. The van der Waals surface area contributed by atoms with Crippen LogP contribution in [-0.2, 0) is 14.3 Å². The van der Waals surface area contributed by atoms with Crippen LogP contribution in [0, 0.1) is 5.92 Å². The maximum Gasteiger partial charge on any atom is 0.329 e. The molecule has 26 heavy (non-hydrogen) atoms. The Balaban J connectivity index is 1.72. The summed E-state index contributed by atoms with van der Waals surface area (Å²) in [6.07, 6.45) is 4.56. The van der Waals surface area contributed by atoms with Gasteiger partial charge in [-0.2, -0.15) is 0 Å². The van der Waals surface area contributed by atoms with Gasteiger partial charge in [0.1, 0.15) is 6.04 Å². The van der Waals surface area contributed by atoms with Crippen LogP contribution in [0.5, 0.6) is 0 Å². The molecule has 1 aliphatic rings. The Hall–Kier alpha value is -2.63. The first-order valence-corrected chi connectivity index (χ1v) is 9.05. The summed E-state index contributed by atoms with van der Waals surface area (Å²) in [7, 11) is 0. The molecule has 1 saturated carbocycles. The number of aromatic amines is 1. The van der Waals surface area contributed by atoms with Crippen LogP contribution in [0.2, 0.25) is 0 Å². The second kappa shape index (κ2) is 7.72. The van der Waals surface area contributed by atoms with Crippen molar-refractivity contribution < 1.29 is 19.1 Å². The van der Waals surface area contributed by atoms with Crippen LogP contribution in [0.1, 0.15) is 49.9 Å². The minimum Gasteiger partial charge on any atom is -0.453 e. The first-order chi connectivity index (χ1) is 12.5. The highest BCUT2D eigenvalue weighted by Gasteiger charge is 2.34. The smallest absolute Gasteiger partial charge is 0.329 e. The second-order valence-electron chi connectivity index (χ2n) is 6.91. The third kappa shape index (κ3) is 3.79. The lowest BCUT2D eigenvalue weighted by atomic mass is 9.98. The summed E-state index contributed by atoms with van der Waals surface area (Å²) in [5, 5.41) is 3.50. The summed E-state index contributed by atoms with van der Waals surface area (Å²) in [6, 6.07) is 6.79. The summed E-state index contributed by atoms with van der Waals surface area (Å²) >= 11 is 0. The van der Waals surface area contributed by atoms with Gasteiger partial charge < -0.3 is 15.0 Å². The van der Waals surface area contributed by atoms with Gasteiger partial charge in [0.15, 0.2) is 6.10 Å². The number of para-hydroxylation sites is 1. The number of hydrogen-bond acceptors (Lipinski definition) is 4. The molecule has 1 aliphatic carbocycles. The van der Waals surface area contributed by atoms with Gasteiger partial charge in [0.25, 0.3) is 0 Å². The fourth-order valence-electron chi connectivity index (χ4n) is 3.67. The number of H-pyrrole nitrogens is 1. The number of aromatic nitrogens is 1. The number of esters is 1. The van der Waals surface area contributed by atoms with Crippen molar-refractivity contribution in [2.24, 2.45) is 5.92 Å². The van der Waals surface area contributed by atoms with Crippen molar-refractivity contribution in [3.05, 3.63) is 36.0 Å². The Morgan fingerprint density at radius 2 is 1.88 bits per heavy atom.